The molecule has 6 nitrogen and oxygen atoms in total. The highest BCUT2D eigenvalue weighted by Gasteiger charge is 2.43. The van der Waals surface area contributed by atoms with Crippen molar-refractivity contribution in [1.29, 1.82) is 0 Å². The van der Waals surface area contributed by atoms with Crippen LogP contribution in [0.2, 0.25) is 0 Å². The lowest BCUT2D eigenvalue weighted by Crippen LogP contribution is -2.54. The zero-order valence-corrected chi connectivity index (χ0v) is 19.7. The maximum atomic E-state index is 13.1. The maximum absolute atomic E-state index is 13.1. The van der Waals surface area contributed by atoms with Crippen molar-refractivity contribution < 1.29 is 19.8 Å². The first kappa shape index (κ1) is 24.4. The number of aliphatic hydroxyl groups is 2. The second-order valence-electron chi connectivity index (χ2n) is 9.96. The summed E-state index contributed by atoms with van der Waals surface area (Å²) in [4.78, 5) is 26.3. The third-order valence-corrected chi connectivity index (χ3v) is 7.54. The first-order chi connectivity index (χ1) is 16.4. The van der Waals surface area contributed by atoms with Gasteiger partial charge in [-0.2, -0.15) is 0 Å². The Morgan fingerprint density at radius 1 is 0.588 bits per heavy atom. The minimum Gasteiger partial charge on any atom is -0.387 e. The number of carbonyl (C=O) groups excluding carboxylic acids is 2. The van der Waals surface area contributed by atoms with Gasteiger partial charge in [-0.25, -0.2) is 0 Å². The van der Waals surface area contributed by atoms with Gasteiger partial charge in [0, 0.05) is 0 Å². The van der Waals surface area contributed by atoms with Crippen molar-refractivity contribution >= 4 is 11.8 Å². The van der Waals surface area contributed by atoms with Gasteiger partial charge in [0.15, 0.2) is 0 Å². The third kappa shape index (κ3) is 5.50. The van der Waals surface area contributed by atoms with Gasteiger partial charge >= 0.3 is 11.8 Å². The molecule has 0 saturated heterocycles. The van der Waals surface area contributed by atoms with Crippen LogP contribution in [0, 0.1) is 0 Å². The largest absolute Gasteiger partial charge is 0.387 e. The Morgan fingerprint density at radius 2 is 0.912 bits per heavy atom. The van der Waals surface area contributed by atoms with Crippen LogP contribution in [0.3, 0.4) is 0 Å². The zero-order valence-electron chi connectivity index (χ0n) is 19.7. The average molecular weight is 465 g/mol. The fraction of sp³-hybridized carbons (Fsp3) is 0.500. The quantitative estimate of drug-likeness (QED) is 0.484. The molecule has 2 amide bonds. The molecule has 0 bridgehead atoms. The Kier molecular flexibility index (Phi) is 7.69. The van der Waals surface area contributed by atoms with Crippen LogP contribution in [0.1, 0.15) is 87.4 Å². The van der Waals surface area contributed by atoms with Crippen molar-refractivity contribution in [3.05, 3.63) is 71.8 Å². The van der Waals surface area contributed by atoms with E-state index in [1.807, 2.05) is 60.7 Å². The van der Waals surface area contributed by atoms with Crippen LogP contribution in [-0.2, 0) is 9.59 Å². The summed E-state index contributed by atoms with van der Waals surface area (Å²) in [6, 6.07) is 17.3. The van der Waals surface area contributed by atoms with Crippen molar-refractivity contribution in [2.45, 2.75) is 87.5 Å². The Hall–Kier alpha value is -2.70. The van der Waals surface area contributed by atoms with Gasteiger partial charge < -0.3 is 20.8 Å². The predicted octanol–water partition coefficient (Wildman–Crippen LogP) is 4.09. The van der Waals surface area contributed by atoms with E-state index >= 15 is 0 Å². The summed E-state index contributed by atoms with van der Waals surface area (Å²) in [6.07, 6.45) is 7.90. The molecule has 0 radical (unpaired) electrons. The van der Waals surface area contributed by atoms with Crippen molar-refractivity contribution in [3.8, 4) is 0 Å². The predicted molar refractivity (Wildman–Crippen MR) is 131 cm³/mol. The van der Waals surface area contributed by atoms with E-state index in [-0.39, 0.29) is 0 Å². The third-order valence-electron chi connectivity index (χ3n) is 7.54. The highest BCUT2D eigenvalue weighted by Crippen LogP contribution is 2.40. The molecule has 182 valence electrons. The Labute approximate surface area is 201 Å². The Balaban J connectivity index is 1.55. The van der Waals surface area contributed by atoms with Crippen LogP contribution in [-0.4, -0.2) is 33.2 Å². The van der Waals surface area contributed by atoms with E-state index in [0.29, 0.717) is 25.7 Å². The molecular weight excluding hydrogens is 428 g/mol. The molecule has 2 fully saturated rings. The fourth-order valence-corrected chi connectivity index (χ4v) is 5.65. The van der Waals surface area contributed by atoms with Gasteiger partial charge in [0.25, 0.3) is 0 Å². The van der Waals surface area contributed by atoms with E-state index in [1.54, 1.807) is 0 Å². The van der Waals surface area contributed by atoms with Crippen LogP contribution in [0.4, 0.5) is 0 Å². The van der Waals surface area contributed by atoms with E-state index in [0.717, 1.165) is 49.7 Å². The first-order valence-corrected chi connectivity index (χ1v) is 12.6. The standard InChI is InChI=1S/C28H36N2O4/c31-25(29-23(21-13-5-1-6-14-21)27(33)17-9-3-10-18-27)26(32)30-24(22-15-7-2-8-16-22)28(34)19-11-4-12-20-28/h1-2,5-8,13-16,23-24,33-34H,3-4,9-12,17-20H2,(H,29,31)(H,30,32). The molecule has 0 aliphatic heterocycles. The molecule has 4 N–H and O–H groups in total. The molecule has 2 aliphatic carbocycles. The average Bonchev–Trinajstić information content (AvgIpc) is 2.87. The molecule has 2 unspecified atom stereocenters. The number of benzene rings is 2. The number of hydrogen-bond donors (Lipinski definition) is 4. The smallest absolute Gasteiger partial charge is 0.309 e. The lowest BCUT2D eigenvalue weighted by molar-refractivity contribution is -0.143. The molecule has 0 heterocycles. The molecule has 0 spiro atoms. The molecule has 0 aromatic heterocycles. The highest BCUT2D eigenvalue weighted by atomic mass is 16.3. The number of carbonyl (C=O) groups is 2. The van der Waals surface area contributed by atoms with Crippen molar-refractivity contribution in [3.63, 3.8) is 0 Å². The van der Waals surface area contributed by atoms with Crippen molar-refractivity contribution in [2.75, 3.05) is 0 Å². The van der Waals surface area contributed by atoms with E-state index in [4.69, 9.17) is 0 Å². The van der Waals surface area contributed by atoms with Crippen LogP contribution in [0.5, 0.6) is 0 Å². The van der Waals surface area contributed by atoms with E-state index in [9.17, 15) is 19.8 Å². The maximum Gasteiger partial charge on any atom is 0.309 e. The van der Waals surface area contributed by atoms with E-state index in [1.165, 1.54) is 0 Å². The van der Waals surface area contributed by atoms with Gasteiger partial charge in [-0.15, -0.1) is 0 Å². The summed E-state index contributed by atoms with van der Waals surface area (Å²) >= 11 is 0. The summed E-state index contributed by atoms with van der Waals surface area (Å²) in [5, 5.41) is 28.5. The minimum atomic E-state index is -1.10. The Morgan fingerprint density at radius 3 is 1.24 bits per heavy atom. The SMILES string of the molecule is O=C(NC(c1ccccc1)C1(O)CCCCC1)C(=O)NC(c1ccccc1)C1(O)CCCCC1. The number of nitrogens with one attached hydrogen (secondary N) is 2. The number of rotatable bonds is 6. The summed E-state index contributed by atoms with van der Waals surface area (Å²) in [5.41, 5.74) is -0.650. The van der Waals surface area contributed by atoms with Gasteiger partial charge in [0.2, 0.25) is 0 Å². The molecular formula is C28H36N2O4. The van der Waals surface area contributed by atoms with Crippen LogP contribution < -0.4 is 10.6 Å². The lowest BCUT2D eigenvalue weighted by Gasteiger charge is -2.41. The molecule has 2 atom stereocenters. The molecule has 2 aromatic carbocycles. The van der Waals surface area contributed by atoms with Gasteiger partial charge in [-0.1, -0.05) is 99.2 Å². The summed E-state index contributed by atoms with van der Waals surface area (Å²) in [7, 11) is 0. The molecule has 4 rings (SSSR count). The second kappa shape index (κ2) is 10.7. The second-order valence-corrected chi connectivity index (χ2v) is 9.96. The topological polar surface area (TPSA) is 98.7 Å². The molecule has 2 aromatic rings. The molecule has 6 heteroatoms. The summed E-state index contributed by atoms with van der Waals surface area (Å²) < 4.78 is 0. The summed E-state index contributed by atoms with van der Waals surface area (Å²) in [5.74, 6) is -1.60. The zero-order chi connectivity index (χ0) is 24.0. The van der Waals surface area contributed by atoms with Gasteiger partial charge in [0.1, 0.15) is 0 Å². The van der Waals surface area contributed by atoms with E-state index < -0.39 is 35.1 Å². The number of amides is 2. The van der Waals surface area contributed by atoms with Crippen LogP contribution >= 0.6 is 0 Å². The fourth-order valence-electron chi connectivity index (χ4n) is 5.65. The molecule has 2 saturated carbocycles. The van der Waals surface area contributed by atoms with Gasteiger partial charge in [-0.05, 0) is 36.8 Å². The Bertz CT molecular complexity index is 871. The molecule has 2 aliphatic rings. The van der Waals surface area contributed by atoms with Gasteiger partial charge in [0.05, 0.1) is 23.3 Å². The normalized spacial score (nSPS) is 21.1. The van der Waals surface area contributed by atoms with E-state index in [2.05, 4.69) is 10.6 Å². The minimum absolute atomic E-state index is 0.570. The van der Waals surface area contributed by atoms with Gasteiger partial charge in [-0.3, -0.25) is 9.59 Å². The van der Waals surface area contributed by atoms with Crippen LogP contribution in [0.25, 0.3) is 0 Å². The first-order valence-electron chi connectivity index (χ1n) is 12.6. The number of hydrogen-bond acceptors (Lipinski definition) is 4. The monoisotopic (exact) mass is 464 g/mol. The molecule has 34 heavy (non-hydrogen) atoms. The van der Waals surface area contributed by atoms with Crippen molar-refractivity contribution in [1.82, 2.24) is 10.6 Å². The van der Waals surface area contributed by atoms with Crippen molar-refractivity contribution in [2.24, 2.45) is 0 Å². The summed E-state index contributed by atoms with van der Waals surface area (Å²) in [6.45, 7) is 0. The van der Waals surface area contributed by atoms with Crippen LogP contribution in [0.15, 0.2) is 60.7 Å². The highest BCUT2D eigenvalue weighted by molar-refractivity contribution is 6.35. The lowest BCUT2D eigenvalue weighted by atomic mass is 9.76.